The summed E-state index contributed by atoms with van der Waals surface area (Å²) in [4.78, 5) is 9.48. The third-order valence-electron chi connectivity index (χ3n) is 4.92. The summed E-state index contributed by atoms with van der Waals surface area (Å²) in [5.74, 6) is 1.47. The van der Waals surface area contributed by atoms with E-state index < -0.39 is 11.7 Å². The lowest BCUT2D eigenvalue weighted by Crippen LogP contribution is -2.18. The number of fused-ring (bicyclic) bond motifs is 1. The summed E-state index contributed by atoms with van der Waals surface area (Å²) in [6.07, 6.45) is -1.65. The van der Waals surface area contributed by atoms with Crippen LogP contribution in [0.25, 0.3) is 22.6 Å². The van der Waals surface area contributed by atoms with Crippen molar-refractivity contribution in [3.8, 4) is 11.4 Å². The van der Waals surface area contributed by atoms with E-state index in [4.69, 9.17) is 5.73 Å². The lowest BCUT2D eigenvalue weighted by molar-refractivity contribution is -0.137. The van der Waals surface area contributed by atoms with E-state index in [9.17, 15) is 13.2 Å². The second kappa shape index (κ2) is 6.24. The van der Waals surface area contributed by atoms with E-state index in [2.05, 4.69) is 23.0 Å². The molecule has 8 heteroatoms. The molecule has 4 nitrogen and oxygen atoms in total. The summed E-state index contributed by atoms with van der Waals surface area (Å²) >= 11 is 1.67. The Morgan fingerprint density at radius 3 is 2.63 bits per heavy atom. The molecule has 142 valence electrons. The fourth-order valence-corrected chi connectivity index (χ4v) is 4.02. The quantitative estimate of drug-likeness (QED) is 0.653. The zero-order chi connectivity index (χ0) is 19.4. The number of thioether (sulfide) groups is 1. The number of nitrogens with zero attached hydrogens (tertiary/aromatic N) is 3. The summed E-state index contributed by atoms with van der Waals surface area (Å²) in [6, 6.07) is 7.10. The van der Waals surface area contributed by atoms with E-state index in [1.807, 2.05) is 12.1 Å². The Morgan fingerprint density at radius 1 is 1.26 bits per heavy atom. The summed E-state index contributed by atoms with van der Waals surface area (Å²) in [5.41, 5.74) is 7.92. The van der Waals surface area contributed by atoms with Crippen molar-refractivity contribution >= 4 is 22.9 Å². The number of halogens is 3. The minimum Gasteiger partial charge on any atom is -0.321 e. The van der Waals surface area contributed by atoms with Gasteiger partial charge in [0, 0.05) is 29.2 Å². The van der Waals surface area contributed by atoms with Crippen LogP contribution in [0.3, 0.4) is 0 Å². The van der Waals surface area contributed by atoms with E-state index >= 15 is 0 Å². The molecule has 2 heterocycles. The van der Waals surface area contributed by atoms with Crippen LogP contribution in [-0.2, 0) is 18.8 Å². The highest BCUT2D eigenvalue weighted by Crippen LogP contribution is 2.45. The normalized spacial score (nSPS) is 16.1. The van der Waals surface area contributed by atoms with Gasteiger partial charge in [-0.25, -0.2) is 9.97 Å². The van der Waals surface area contributed by atoms with Crippen LogP contribution >= 0.6 is 11.8 Å². The van der Waals surface area contributed by atoms with Crippen LogP contribution in [0, 0.1) is 0 Å². The Hall–Kier alpha value is -2.06. The van der Waals surface area contributed by atoms with Crippen LogP contribution in [0.2, 0.25) is 0 Å². The van der Waals surface area contributed by atoms with Crippen molar-refractivity contribution < 1.29 is 13.2 Å². The first-order valence-electron chi connectivity index (χ1n) is 8.69. The van der Waals surface area contributed by atoms with Gasteiger partial charge < -0.3 is 10.3 Å². The third kappa shape index (κ3) is 3.21. The Balaban J connectivity index is 1.85. The summed E-state index contributed by atoms with van der Waals surface area (Å²) in [7, 11) is 1.77. The molecule has 0 spiro atoms. The van der Waals surface area contributed by atoms with Gasteiger partial charge in [-0.1, -0.05) is 13.0 Å². The largest absolute Gasteiger partial charge is 0.417 e. The fourth-order valence-electron chi connectivity index (χ4n) is 3.19. The minimum absolute atomic E-state index is 0.233. The SMILES string of the molecule is CCSc1cc(C2(N)CC2)ccc1-c1nc2cc(C(F)(F)F)cnc2n1C. The molecular weight excluding hydrogens is 373 g/mol. The van der Waals surface area contributed by atoms with Gasteiger partial charge in [0.05, 0.1) is 5.56 Å². The third-order valence-corrected chi connectivity index (χ3v) is 5.86. The average molecular weight is 392 g/mol. The minimum atomic E-state index is -4.44. The van der Waals surface area contributed by atoms with Crippen LogP contribution < -0.4 is 5.73 Å². The number of rotatable bonds is 4. The Bertz CT molecular complexity index is 1020. The highest BCUT2D eigenvalue weighted by atomic mass is 32.2. The average Bonchev–Trinajstić information content (AvgIpc) is 3.29. The predicted octanol–water partition coefficient (Wildman–Crippen LogP) is 4.71. The molecule has 1 fully saturated rings. The van der Waals surface area contributed by atoms with Gasteiger partial charge in [-0.2, -0.15) is 13.2 Å². The maximum atomic E-state index is 13.0. The highest BCUT2D eigenvalue weighted by molar-refractivity contribution is 7.99. The number of hydrogen-bond donors (Lipinski definition) is 1. The first-order chi connectivity index (χ1) is 12.7. The van der Waals surface area contributed by atoms with E-state index in [0.29, 0.717) is 11.5 Å². The van der Waals surface area contributed by atoms with Gasteiger partial charge >= 0.3 is 6.18 Å². The second-order valence-corrected chi connectivity index (χ2v) is 8.16. The number of nitrogens with two attached hydrogens (primary N) is 1. The molecule has 0 saturated heterocycles. The van der Waals surface area contributed by atoms with Gasteiger partial charge in [-0.15, -0.1) is 11.8 Å². The van der Waals surface area contributed by atoms with Crippen molar-refractivity contribution in [1.82, 2.24) is 14.5 Å². The zero-order valence-electron chi connectivity index (χ0n) is 15.0. The molecule has 4 rings (SSSR count). The molecule has 27 heavy (non-hydrogen) atoms. The van der Waals surface area contributed by atoms with Crippen LogP contribution in [0.5, 0.6) is 0 Å². The molecule has 1 aromatic carbocycles. The maximum Gasteiger partial charge on any atom is 0.417 e. The smallest absolute Gasteiger partial charge is 0.321 e. The van der Waals surface area contributed by atoms with Gasteiger partial charge in [-0.3, -0.25) is 0 Å². The highest BCUT2D eigenvalue weighted by Gasteiger charge is 2.40. The molecule has 0 aliphatic heterocycles. The molecule has 0 atom stereocenters. The van der Waals surface area contributed by atoms with Gasteiger partial charge in [0.2, 0.25) is 0 Å². The first-order valence-corrected chi connectivity index (χ1v) is 9.68. The Morgan fingerprint density at radius 2 is 2.00 bits per heavy atom. The number of benzene rings is 1. The lowest BCUT2D eigenvalue weighted by atomic mass is 10.0. The van der Waals surface area contributed by atoms with Gasteiger partial charge in [0.25, 0.3) is 0 Å². The molecule has 1 aliphatic carbocycles. The lowest BCUT2D eigenvalue weighted by Gasteiger charge is -2.14. The standard InChI is InChI=1S/C19H19F3N4S/c1-3-27-15-9-11(18(23)6-7-18)4-5-13(15)16-25-14-8-12(19(20,21)22)10-24-17(14)26(16)2/h4-5,8-10H,3,6-7,23H2,1-2H3. The van der Waals surface area contributed by atoms with Crippen LogP contribution in [-0.4, -0.2) is 20.3 Å². The van der Waals surface area contributed by atoms with E-state index in [-0.39, 0.29) is 11.1 Å². The molecule has 0 amide bonds. The number of hydrogen-bond acceptors (Lipinski definition) is 4. The maximum absolute atomic E-state index is 13.0. The molecule has 1 saturated carbocycles. The van der Waals surface area contributed by atoms with Crippen LogP contribution in [0.4, 0.5) is 13.2 Å². The number of aromatic nitrogens is 3. The molecule has 3 aromatic rings. The molecule has 2 N–H and O–H groups in total. The Kier molecular flexibility index (Phi) is 4.23. The van der Waals surface area contributed by atoms with E-state index in [1.165, 1.54) is 0 Å². The molecule has 1 aliphatic rings. The second-order valence-electron chi connectivity index (χ2n) is 6.86. The monoisotopic (exact) mass is 392 g/mol. The van der Waals surface area contributed by atoms with E-state index in [1.54, 1.807) is 23.4 Å². The van der Waals surface area contributed by atoms with Crippen molar-refractivity contribution in [2.24, 2.45) is 12.8 Å². The van der Waals surface area contributed by atoms with Crippen molar-refractivity contribution in [3.05, 3.63) is 41.6 Å². The first kappa shape index (κ1) is 18.3. The molecule has 2 aromatic heterocycles. The van der Waals surface area contributed by atoms with Crippen LogP contribution in [0.1, 0.15) is 30.9 Å². The van der Waals surface area contributed by atoms with Crippen molar-refractivity contribution in [2.45, 2.75) is 36.4 Å². The Labute approximate surface area is 159 Å². The molecule has 0 bridgehead atoms. The zero-order valence-corrected chi connectivity index (χ0v) is 15.8. The topological polar surface area (TPSA) is 56.7 Å². The number of pyridine rings is 1. The van der Waals surface area contributed by atoms with Gasteiger partial charge in [0.1, 0.15) is 11.3 Å². The molecule has 0 unspecified atom stereocenters. The molecule has 0 radical (unpaired) electrons. The summed E-state index contributed by atoms with van der Waals surface area (Å²) in [6.45, 7) is 2.06. The fraction of sp³-hybridized carbons (Fsp3) is 0.368. The van der Waals surface area contributed by atoms with Crippen molar-refractivity contribution in [1.29, 1.82) is 0 Å². The van der Waals surface area contributed by atoms with Gasteiger partial charge in [0.15, 0.2) is 5.65 Å². The summed E-state index contributed by atoms with van der Waals surface area (Å²) in [5, 5.41) is 0. The number of imidazole rings is 1. The van der Waals surface area contributed by atoms with Crippen molar-refractivity contribution in [3.63, 3.8) is 0 Å². The van der Waals surface area contributed by atoms with Crippen LogP contribution in [0.15, 0.2) is 35.4 Å². The number of aryl methyl sites for hydroxylation is 1. The van der Waals surface area contributed by atoms with E-state index in [0.717, 1.165) is 46.9 Å². The van der Waals surface area contributed by atoms with Gasteiger partial charge in [-0.05, 0) is 42.4 Å². The number of alkyl halides is 3. The molecular formula is C19H19F3N4S. The van der Waals surface area contributed by atoms with Crippen molar-refractivity contribution in [2.75, 3.05) is 5.75 Å². The summed E-state index contributed by atoms with van der Waals surface area (Å²) < 4.78 is 40.7. The predicted molar refractivity (Wildman–Crippen MR) is 100 cm³/mol.